The van der Waals surface area contributed by atoms with Crippen LogP contribution in [-0.2, 0) is 14.9 Å². The van der Waals surface area contributed by atoms with Crippen molar-refractivity contribution < 1.29 is 22.8 Å². The van der Waals surface area contributed by atoms with E-state index in [0.29, 0.717) is 11.3 Å². The lowest BCUT2D eigenvalue weighted by Gasteiger charge is -2.14. The highest BCUT2D eigenvalue weighted by molar-refractivity contribution is 7.89. The molecule has 3 rings (SSSR count). The third-order valence-corrected chi connectivity index (χ3v) is 6.00. The summed E-state index contributed by atoms with van der Waals surface area (Å²) in [6.45, 7) is 0. The van der Waals surface area contributed by atoms with E-state index in [1.807, 2.05) is 0 Å². The first-order chi connectivity index (χ1) is 13.3. The van der Waals surface area contributed by atoms with Gasteiger partial charge in [-0.15, -0.1) is 0 Å². The normalized spacial score (nSPS) is 14.0. The van der Waals surface area contributed by atoms with Gasteiger partial charge in [0.2, 0.25) is 0 Å². The topological polar surface area (TPSA) is 105 Å². The van der Waals surface area contributed by atoms with Crippen LogP contribution in [0.1, 0.15) is 33.6 Å². The number of rotatable bonds is 7. The van der Waals surface area contributed by atoms with Crippen LogP contribution in [0.2, 0.25) is 0 Å². The molecule has 1 saturated carbocycles. The molecule has 0 heterocycles. The molecule has 0 atom stereocenters. The van der Waals surface area contributed by atoms with Crippen LogP contribution >= 0.6 is 0 Å². The van der Waals surface area contributed by atoms with Crippen LogP contribution in [0.5, 0.6) is 0 Å². The van der Waals surface area contributed by atoms with Crippen LogP contribution in [0.3, 0.4) is 0 Å². The number of nitrogens with zero attached hydrogens (tertiary/aromatic N) is 1. The molecule has 9 heteroatoms. The van der Waals surface area contributed by atoms with Crippen molar-refractivity contribution in [3.63, 3.8) is 0 Å². The summed E-state index contributed by atoms with van der Waals surface area (Å²) in [5, 5.41) is 5.60. The average molecular weight is 403 g/mol. The standard InChI is InChI=1S/C19H21N3O5S/c1-22(27-2)28(25,26)17-10-6-13(7-11-17)18(23)21-16-5-3-4-14(12-16)19(24)20-15-8-9-15/h3-7,10-12,15H,8-9H2,1-2H3,(H,20,24)(H,21,23). The zero-order chi connectivity index (χ0) is 20.3. The Labute approximate surface area is 163 Å². The molecular formula is C19H21N3O5S. The Morgan fingerprint density at radius 3 is 2.32 bits per heavy atom. The molecule has 0 bridgehead atoms. The second-order valence-electron chi connectivity index (χ2n) is 6.40. The van der Waals surface area contributed by atoms with Gasteiger partial charge in [0.25, 0.3) is 21.8 Å². The summed E-state index contributed by atoms with van der Waals surface area (Å²) >= 11 is 0. The molecule has 2 aromatic rings. The largest absolute Gasteiger partial charge is 0.349 e. The van der Waals surface area contributed by atoms with Gasteiger partial charge >= 0.3 is 0 Å². The molecule has 1 aliphatic carbocycles. The minimum Gasteiger partial charge on any atom is -0.349 e. The first kappa shape index (κ1) is 20.0. The Morgan fingerprint density at radius 1 is 1.04 bits per heavy atom. The summed E-state index contributed by atoms with van der Waals surface area (Å²) in [4.78, 5) is 29.3. The lowest BCUT2D eigenvalue weighted by molar-refractivity contribution is -0.0258. The summed E-state index contributed by atoms with van der Waals surface area (Å²) in [5.41, 5.74) is 1.23. The summed E-state index contributed by atoms with van der Waals surface area (Å²) in [6, 6.07) is 12.4. The number of amides is 2. The molecule has 148 valence electrons. The molecule has 0 saturated heterocycles. The SMILES string of the molecule is CON(C)S(=O)(=O)c1ccc(C(=O)Nc2cccc(C(=O)NC3CC3)c2)cc1. The number of nitrogens with one attached hydrogen (secondary N) is 2. The van der Waals surface area contributed by atoms with Gasteiger partial charge in [-0.1, -0.05) is 10.5 Å². The van der Waals surface area contributed by atoms with Gasteiger partial charge in [0.05, 0.1) is 12.0 Å². The first-order valence-electron chi connectivity index (χ1n) is 8.66. The maximum atomic E-state index is 12.4. The van der Waals surface area contributed by atoms with Crippen molar-refractivity contribution >= 4 is 27.5 Å². The molecule has 2 N–H and O–H groups in total. The maximum absolute atomic E-state index is 12.4. The van der Waals surface area contributed by atoms with Gasteiger partial charge in [0.1, 0.15) is 0 Å². The fraction of sp³-hybridized carbons (Fsp3) is 0.263. The molecule has 0 spiro atoms. The van der Waals surface area contributed by atoms with Crippen molar-refractivity contribution in [3.05, 3.63) is 59.7 Å². The third-order valence-electron chi connectivity index (χ3n) is 4.31. The van der Waals surface area contributed by atoms with Crippen LogP contribution in [0.15, 0.2) is 53.4 Å². The number of hydrogen-bond acceptors (Lipinski definition) is 5. The third kappa shape index (κ3) is 4.56. The van der Waals surface area contributed by atoms with Crippen LogP contribution < -0.4 is 10.6 Å². The van der Waals surface area contributed by atoms with E-state index in [0.717, 1.165) is 17.3 Å². The Kier molecular flexibility index (Phi) is 5.78. The number of anilines is 1. The second kappa shape index (κ2) is 8.09. The van der Waals surface area contributed by atoms with Crippen LogP contribution in [-0.4, -0.2) is 44.9 Å². The Bertz CT molecular complexity index is 985. The number of hydrogen-bond donors (Lipinski definition) is 2. The minimum absolute atomic E-state index is 0.00662. The molecule has 1 fully saturated rings. The monoisotopic (exact) mass is 403 g/mol. The second-order valence-corrected chi connectivity index (χ2v) is 8.34. The quantitative estimate of drug-likeness (QED) is 0.688. The number of sulfonamides is 1. The smallest absolute Gasteiger partial charge is 0.264 e. The van der Waals surface area contributed by atoms with E-state index in [9.17, 15) is 18.0 Å². The van der Waals surface area contributed by atoms with Crippen molar-refractivity contribution in [2.45, 2.75) is 23.8 Å². The van der Waals surface area contributed by atoms with Gasteiger partial charge in [-0.25, -0.2) is 8.42 Å². The predicted octanol–water partition coefficient (Wildman–Crippen LogP) is 2.01. The highest BCUT2D eigenvalue weighted by Crippen LogP contribution is 2.20. The number of carbonyl (C=O) groups excluding carboxylic acids is 2. The van der Waals surface area contributed by atoms with Crippen molar-refractivity contribution in [3.8, 4) is 0 Å². The van der Waals surface area contributed by atoms with Gasteiger partial charge in [-0.2, -0.15) is 0 Å². The summed E-state index contributed by atoms with van der Waals surface area (Å²) in [6.07, 6.45) is 1.99. The molecule has 28 heavy (non-hydrogen) atoms. The molecule has 2 amide bonds. The van der Waals surface area contributed by atoms with Gasteiger partial charge < -0.3 is 10.6 Å². The van der Waals surface area contributed by atoms with Gasteiger partial charge in [0, 0.05) is 29.9 Å². The predicted molar refractivity (Wildman–Crippen MR) is 103 cm³/mol. The van der Waals surface area contributed by atoms with Gasteiger partial charge in [-0.05, 0) is 55.3 Å². The van der Waals surface area contributed by atoms with E-state index in [2.05, 4.69) is 10.6 Å². The average Bonchev–Trinajstić information content (AvgIpc) is 3.51. The molecule has 0 unspecified atom stereocenters. The van der Waals surface area contributed by atoms with Crippen molar-refractivity contribution in [2.24, 2.45) is 0 Å². The van der Waals surface area contributed by atoms with E-state index < -0.39 is 15.9 Å². The van der Waals surface area contributed by atoms with E-state index >= 15 is 0 Å². The Hall–Kier alpha value is -2.75. The summed E-state index contributed by atoms with van der Waals surface area (Å²) in [7, 11) is -1.25. The summed E-state index contributed by atoms with van der Waals surface area (Å²) in [5.74, 6) is -0.584. The number of carbonyl (C=O) groups is 2. The molecule has 0 aromatic heterocycles. The first-order valence-corrected chi connectivity index (χ1v) is 10.1. The molecule has 8 nitrogen and oxygen atoms in total. The molecular weight excluding hydrogens is 382 g/mol. The number of benzene rings is 2. The highest BCUT2D eigenvalue weighted by atomic mass is 32.2. The van der Waals surface area contributed by atoms with E-state index in [1.165, 1.54) is 38.4 Å². The van der Waals surface area contributed by atoms with Crippen LogP contribution in [0.4, 0.5) is 5.69 Å². The fourth-order valence-corrected chi connectivity index (χ4v) is 3.44. The number of hydroxylamine groups is 1. The summed E-state index contributed by atoms with van der Waals surface area (Å²) < 4.78 is 25.1. The Balaban J connectivity index is 1.70. The van der Waals surface area contributed by atoms with Crippen LogP contribution in [0.25, 0.3) is 0 Å². The lowest BCUT2D eigenvalue weighted by Crippen LogP contribution is -2.26. The van der Waals surface area contributed by atoms with Crippen molar-refractivity contribution in [2.75, 3.05) is 19.5 Å². The molecule has 2 aromatic carbocycles. The highest BCUT2D eigenvalue weighted by Gasteiger charge is 2.24. The van der Waals surface area contributed by atoms with Crippen molar-refractivity contribution in [1.82, 2.24) is 9.79 Å². The minimum atomic E-state index is -3.78. The van der Waals surface area contributed by atoms with Gasteiger partial charge in [0.15, 0.2) is 0 Å². The zero-order valence-corrected chi connectivity index (χ0v) is 16.3. The van der Waals surface area contributed by atoms with Crippen LogP contribution in [0, 0.1) is 0 Å². The van der Waals surface area contributed by atoms with Crippen molar-refractivity contribution in [1.29, 1.82) is 0 Å². The molecule has 0 aliphatic heterocycles. The van der Waals surface area contributed by atoms with E-state index in [4.69, 9.17) is 4.84 Å². The zero-order valence-electron chi connectivity index (χ0n) is 15.5. The Morgan fingerprint density at radius 2 is 1.71 bits per heavy atom. The fourth-order valence-electron chi connectivity index (χ4n) is 2.46. The maximum Gasteiger partial charge on any atom is 0.264 e. The molecule has 0 radical (unpaired) electrons. The molecule has 1 aliphatic rings. The van der Waals surface area contributed by atoms with Gasteiger partial charge in [-0.3, -0.25) is 14.4 Å². The van der Waals surface area contributed by atoms with E-state index in [-0.39, 0.29) is 22.4 Å². The lowest BCUT2D eigenvalue weighted by atomic mass is 10.1. The van der Waals surface area contributed by atoms with E-state index in [1.54, 1.807) is 24.3 Å².